The molecule has 5 unspecified atom stereocenters. The van der Waals surface area contributed by atoms with E-state index in [1.54, 1.807) is 61.3 Å². The van der Waals surface area contributed by atoms with Gasteiger partial charge in [0.15, 0.2) is 0 Å². The molecule has 0 aliphatic heterocycles. The van der Waals surface area contributed by atoms with Gasteiger partial charge >= 0.3 is 0 Å². The number of rotatable bonds is 2. The van der Waals surface area contributed by atoms with Crippen LogP contribution in [-0.4, -0.2) is 0 Å². The van der Waals surface area contributed by atoms with Crippen molar-refractivity contribution in [3.05, 3.63) is 175 Å². The van der Waals surface area contributed by atoms with Crippen molar-refractivity contribution < 1.29 is 0 Å². The minimum Gasteiger partial charge on any atom is -0.0757 e. The second kappa shape index (κ2) is 10.9. The average Bonchev–Trinajstić information content (AvgIpc) is 3.64. The Morgan fingerprint density at radius 2 is 1.29 bits per heavy atom. The molecular weight excluding hydrogens is 625 g/mol. The molecule has 0 amide bonds. The molecule has 0 heterocycles. The molecule has 5 atom stereocenters. The molecule has 4 aromatic rings. The van der Waals surface area contributed by atoms with E-state index in [9.17, 15) is 0 Å². The van der Waals surface area contributed by atoms with Gasteiger partial charge in [0.05, 0.1) is 0 Å². The number of hydrogen-bond donors (Lipinski definition) is 0. The van der Waals surface area contributed by atoms with Crippen LogP contribution >= 0.6 is 0 Å². The Kier molecular flexibility index (Phi) is 6.49. The van der Waals surface area contributed by atoms with Crippen LogP contribution in [0.5, 0.6) is 0 Å². The molecule has 0 heteroatoms. The number of allylic oxidation sites excluding steroid dienone is 12. The Labute approximate surface area is 310 Å². The highest BCUT2D eigenvalue weighted by molar-refractivity contribution is 5.93. The van der Waals surface area contributed by atoms with E-state index in [0.717, 1.165) is 12.8 Å². The van der Waals surface area contributed by atoms with E-state index in [0.29, 0.717) is 29.6 Å². The number of fused-ring (bicyclic) bond motifs is 9. The zero-order chi connectivity index (χ0) is 35.2. The van der Waals surface area contributed by atoms with Crippen LogP contribution in [-0.2, 0) is 0 Å². The minimum absolute atomic E-state index is 0.456. The van der Waals surface area contributed by atoms with Crippen molar-refractivity contribution in [1.29, 1.82) is 0 Å². The maximum absolute atomic E-state index is 2.60. The summed E-state index contributed by atoms with van der Waals surface area (Å²) in [4.78, 5) is 0. The van der Waals surface area contributed by atoms with Crippen LogP contribution in [0.4, 0.5) is 0 Å². The van der Waals surface area contributed by atoms with Crippen molar-refractivity contribution in [2.45, 2.75) is 85.5 Å². The van der Waals surface area contributed by atoms with Gasteiger partial charge in [-0.2, -0.15) is 0 Å². The summed E-state index contributed by atoms with van der Waals surface area (Å²) in [6.45, 7) is 14.0. The van der Waals surface area contributed by atoms with Crippen LogP contribution in [0.2, 0.25) is 0 Å². The lowest BCUT2D eigenvalue weighted by Gasteiger charge is -2.46. The third-order valence-electron chi connectivity index (χ3n) is 14.9. The monoisotopic (exact) mass is 672 g/mol. The molecule has 4 aromatic carbocycles. The highest BCUT2D eigenvalue weighted by atomic mass is 14.5. The van der Waals surface area contributed by atoms with Gasteiger partial charge in [-0.3, -0.25) is 0 Å². The lowest BCUT2D eigenvalue weighted by atomic mass is 9.58. The quantitative estimate of drug-likeness (QED) is 0.199. The lowest BCUT2D eigenvalue weighted by molar-refractivity contribution is 0.395. The third-order valence-corrected chi connectivity index (χ3v) is 14.9. The lowest BCUT2D eigenvalue weighted by Crippen LogP contribution is -2.32. The Hall–Kier alpha value is -4.68. The number of aryl methyl sites for hydroxylation is 2. The topological polar surface area (TPSA) is 0 Å². The van der Waals surface area contributed by atoms with Gasteiger partial charge in [-0.05, 0) is 190 Å². The van der Waals surface area contributed by atoms with Gasteiger partial charge in [-0.25, -0.2) is 0 Å². The van der Waals surface area contributed by atoms with Crippen molar-refractivity contribution in [2.24, 2.45) is 17.8 Å². The first kappa shape index (κ1) is 30.9. The first-order valence-corrected chi connectivity index (χ1v) is 20.0. The molecule has 52 heavy (non-hydrogen) atoms. The molecule has 0 N–H and O–H groups in total. The van der Waals surface area contributed by atoms with Crippen LogP contribution < -0.4 is 0 Å². The molecule has 0 radical (unpaired) electrons. The van der Waals surface area contributed by atoms with Crippen LogP contribution in [0.1, 0.15) is 102 Å². The molecule has 0 saturated carbocycles. The molecular formula is C52H48. The Bertz CT molecular complexity index is 2510. The summed E-state index contributed by atoms with van der Waals surface area (Å²) in [6.07, 6.45) is 13.5. The second-order valence-corrected chi connectivity index (χ2v) is 17.2. The van der Waals surface area contributed by atoms with Gasteiger partial charge in [0.25, 0.3) is 0 Å². The summed E-state index contributed by atoms with van der Waals surface area (Å²) in [5.74, 6) is 2.67. The van der Waals surface area contributed by atoms with Gasteiger partial charge in [0.1, 0.15) is 0 Å². The first-order chi connectivity index (χ1) is 25.3. The van der Waals surface area contributed by atoms with E-state index >= 15 is 0 Å². The molecule has 0 aromatic heterocycles. The number of hydrogen-bond acceptors (Lipinski definition) is 0. The van der Waals surface area contributed by atoms with Crippen molar-refractivity contribution in [3.8, 4) is 22.3 Å². The molecule has 7 aliphatic carbocycles. The predicted molar refractivity (Wildman–Crippen MR) is 218 cm³/mol. The van der Waals surface area contributed by atoms with Crippen molar-refractivity contribution >= 4 is 11.1 Å². The molecule has 11 rings (SSSR count). The summed E-state index contributed by atoms with van der Waals surface area (Å²) in [6, 6.07) is 28.5. The highest BCUT2D eigenvalue weighted by Gasteiger charge is 2.51. The summed E-state index contributed by atoms with van der Waals surface area (Å²) in [7, 11) is 0. The highest BCUT2D eigenvalue weighted by Crippen LogP contribution is 2.66. The summed E-state index contributed by atoms with van der Waals surface area (Å²) in [5, 5.41) is 0. The van der Waals surface area contributed by atoms with Gasteiger partial charge in [-0.15, -0.1) is 0 Å². The van der Waals surface area contributed by atoms with Gasteiger partial charge in [-0.1, -0.05) is 103 Å². The van der Waals surface area contributed by atoms with Crippen molar-refractivity contribution in [1.82, 2.24) is 0 Å². The Morgan fingerprint density at radius 1 is 0.596 bits per heavy atom. The molecule has 0 saturated heterocycles. The summed E-state index contributed by atoms with van der Waals surface area (Å²) < 4.78 is 0. The fraction of sp³-hybridized carbons (Fsp3) is 0.308. The smallest absolute Gasteiger partial charge is 0.0145 e. The van der Waals surface area contributed by atoms with E-state index in [-0.39, 0.29) is 0 Å². The fourth-order valence-electron chi connectivity index (χ4n) is 12.1. The molecule has 7 aliphatic rings. The van der Waals surface area contributed by atoms with Gasteiger partial charge < -0.3 is 0 Å². The standard InChI is InChI=1S/C52H48/c1-27-9-7-11-35(31(27)5)33-15-19-37-39-17-13-29(3)49-41-21-22-42-46(45(41)25-47(51(39)49)43(37)23-33)26-48-44-24-34(36-12-8-10-28(2)32(36)6)16-20-38(44)40-18-14-30(4)50(42)52(40)48/h7-13,15-20,23-24,30,47-49,51H,14,21-22,25-26H2,1-6H3. The van der Waals surface area contributed by atoms with Crippen molar-refractivity contribution in [2.75, 3.05) is 0 Å². The second-order valence-electron chi connectivity index (χ2n) is 17.2. The van der Waals surface area contributed by atoms with Crippen LogP contribution in [0, 0.1) is 45.4 Å². The van der Waals surface area contributed by atoms with E-state index in [1.165, 1.54) is 74.9 Å². The average molecular weight is 673 g/mol. The molecule has 0 bridgehead atoms. The Morgan fingerprint density at radius 3 is 2.02 bits per heavy atom. The van der Waals surface area contributed by atoms with E-state index in [2.05, 4.69) is 133 Å². The SMILES string of the molecule is CC1=CC=C2c3ccc(-c4cccc(C)c4C)cc3C3CC4=C(CCC5=C4CC4C6=C5C(C)CC=C6c5ccc(-c6cccc(C)c6C)cc54)C1C23. The van der Waals surface area contributed by atoms with Gasteiger partial charge in [0, 0.05) is 17.8 Å². The van der Waals surface area contributed by atoms with Crippen molar-refractivity contribution in [3.63, 3.8) is 0 Å². The van der Waals surface area contributed by atoms with Crippen LogP contribution in [0.25, 0.3) is 33.4 Å². The largest absolute Gasteiger partial charge is 0.0757 e. The predicted octanol–water partition coefficient (Wildman–Crippen LogP) is 13.6. The van der Waals surface area contributed by atoms with E-state index in [1.807, 2.05) is 0 Å². The van der Waals surface area contributed by atoms with E-state index < -0.39 is 0 Å². The number of benzene rings is 4. The molecule has 256 valence electrons. The summed E-state index contributed by atoms with van der Waals surface area (Å²) >= 11 is 0. The van der Waals surface area contributed by atoms with Gasteiger partial charge in [0.2, 0.25) is 0 Å². The molecule has 0 nitrogen and oxygen atoms in total. The normalized spacial score (nSPS) is 26.2. The minimum atomic E-state index is 0.456. The first-order valence-electron chi connectivity index (χ1n) is 20.0. The van der Waals surface area contributed by atoms with Crippen LogP contribution in [0.15, 0.2) is 130 Å². The zero-order valence-corrected chi connectivity index (χ0v) is 31.6. The summed E-state index contributed by atoms with van der Waals surface area (Å²) in [5.41, 5.74) is 32.4. The third kappa shape index (κ3) is 4.05. The van der Waals surface area contributed by atoms with E-state index in [4.69, 9.17) is 0 Å². The Balaban J connectivity index is 1.05. The maximum atomic E-state index is 2.60. The molecule has 0 fully saturated rings. The molecule has 0 spiro atoms. The zero-order valence-electron chi connectivity index (χ0n) is 31.6. The van der Waals surface area contributed by atoms with Crippen LogP contribution in [0.3, 0.4) is 0 Å². The fourth-order valence-corrected chi connectivity index (χ4v) is 12.1. The maximum Gasteiger partial charge on any atom is 0.0145 e.